The summed E-state index contributed by atoms with van der Waals surface area (Å²) in [6.07, 6.45) is 4.90. The molecule has 4 heteroatoms. The Morgan fingerprint density at radius 1 is 0.319 bits per heavy atom. The van der Waals surface area contributed by atoms with Crippen molar-refractivity contribution in [2.45, 2.75) is 22.9 Å². The van der Waals surface area contributed by atoms with Crippen LogP contribution < -0.4 is 20.2 Å². The summed E-state index contributed by atoms with van der Waals surface area (Å²) < 4.78 is 0. The first-order chi connectivity index (χ1) is 35.2. The number of hydrogen-bond donors (Lipinski definition) is 0. The second-order valence-corrected chi connectivity index (χ2v) is 28.3. The number of fused-ring (bicyclic) bond motifs is 8. The van der Waals surface area contributed by atoms with Crippen molar-refractivity contribution in [1.82, 2.24) is 0 Å². The lowest BCUT2D eigenvalue weighted by Gasteiger charge is -2.45. The van der Waals surface area contributed by atoms with Crippen molar-refractivity contribution >= 4 is 106 Å². The van der Waals surface area contributed by atoms with Gasteiger partial charge in [0.05, 0.1) is 11.4 Å². The Balaban J connectivity index is 1.10. The quantitative estimate of drug-likeness (QED) is 0.125. The van der Waals surface area contributed by atoms with Gasteiger partial charge in [-0.2, -0.15) is 10.0 Å². The summed E-state index contributed by atoms with van der Waals surface area (Å²) in [7, 11) is -3.28. The maximum atomic E-state index is 2.54. The van der Waals surface area contributed by atoms with Crippen molar-refractivity contribution in [1.29, 1.82) is 0 Å². The van der Waals surface area contributed by atoms with Gasteiger partial charge in [0.25, 0.3) is 0 Å². The minimum Gasteiger partial charge on any atom is -0.311 e. The molecule has 344 valence electrons. The fraction of sp³-hybridized carbons (Fsp3) is 0.0588. The molecule has 12 aromatic rings. The Morgan fingerprint density at radius 3 is 1.43 bits per heavy atom. The molecule has 0 bridgehead atoms. The Hall–Kier alpha value is -8.15. The third-order valence-corrected chi connectivity index (χ3v) is 22.3. The van der Waals surface area contributed by atoms with Crippen LogP contribution >= 0.6 is 10.0 Å². The van der Waals surface area contributed by atoms with Gasteiger partial charge in [-0.25, -0.2) is 0 Å². The molecule has 14 rings (SSSR count). The molecular weight excluding hydrogens is 905 g/mol. The molecule has 0 N–H and O–H groups in total. The predicted octanol–water partition coefficient (Wildman–Crippen LogP) is 18.2. The molecule has 0 fully saturated rings. The summed E-state index contributed by atoms with van der Waals surface area (Å²) in [5.41, 5.74) is 14.7. The molecule has 12 aromatic carbocycles. The van der Waals surface area contributed by atoms with E-state index < -0.39 is 18.1 Å². The third-order valence-electron chi connectivity index (χ3n) is 15.8. The fourth-order valence-electron chi connectivity index (χ4n) is 12.4. The molecule has 0 radical (unpaired) electrons. The molecule has 0 amide bonds. The molecule has 2 heterocycles. The SMILES string of the molecule is C[Si]1(C)c2ccccc2N(c2ccc3c(-c4cccc(-c5cccc6ccccc56)c4)c4cc(N5c6ccccc6S(C)(C)c6ccccc65)ccc4c(-c4ccc5ccccc5c4)c3c2)c2ccccc21. The standard InChI is InChI=1S/C68H52N2SSi/c1-71(2)63-31-13-9-27-59(63)69(60-28-10-14-32-64(60)71)51-37-39-56-57(43-51)67(49-24-17-23-48(42-49)54-26-18-22-46-20-7-8-25-53(46)54)55-40-38-52(44-58(55)68(56)50-36-35-45-19-5-6-21-47(45)41-50)70-61-29-11-15-33-65(61)72(3,4)66-34-16-12-30-62(66)70/h5-44H,1-4H3. The van der Waals surface area contributed by atoms with Crippen molar-refractivity contribution in [3.63, 3.8) is 0 Å². The van der Waals surface area contributed by atoms with Gasteiger partial charge in [0.15, 0.2) is 0 Å². The Bertz CT molecular complexity index is 4100. The zero-order valence-corrected chi connectivity index (χ0v) is 42.7. The molecule has 0 saturated carbocycles. The monoisotopic (exact) mass is 956 g/mol. The maximum Gasteiger partial charge on any atom is 0.117 e. The van der Waals surface area contributed by atoms with Gasteiger partial charge in [-0.3, -0.25) is 0 Å². The van der Waals surface area contributed by atoms with E-state index in [2.05, 4.69) is 278 Å². The number of para-hydroxylation sites is 4. The van der Waals surface area contributed by atoms with E-state index in [-0.39, 0.29) is 0 Å². The Kier molecular flexibility index (Phi) is 9.60. The van der Waals surface area contributed by atoms with Crippen LogP contribution in [0.15, 0.2) is 252 Å². The highest BCUT2D eigenvalue weighted by Gasteiger charge is 2.39. The normalized spacial score (nSPS) is 14.7. The highest BCUT2D eigenvalue weighted by molar-refractivity contribution is 8.33. The number of nitrogens with zero attached hydrogens (tertiary/aromatic N) is 2. The van der Waals surface area contributed by atoms with Crippen LogP contribution in [0.2, 0.25) is 13.1 Å². The number of rotatable bonds is 5. The van der Waals surface area contributed by atoms with Crippen molar-refractivity contribution in [3.8, 4) is 33.4 Å². The second kappa shape index (κ2) is 16.2. The van der Waals surface area contributed by atoms with Crippen molar-refractivity contribution in [2.24, 2.45) is 0 Å². The molecular formula is C68H52N2SSi. The smallest absolute Gasteiger partial charge is 0.117 e. The van der Waals surface area contributed by atoms with Gasteiger partial charge < -0.3 is 9.80 Å². The average Bonchev–Trinajstić information content (AvgIpc) is 3.42. The molecule has 0 aliphatic carbocycles. The summed E-state index contributed by atoms with van der Waals surface area (Å²) in [4.78, 5) is 7.87. The number of hydrogen-bond acceptors (Lipinski definition) is 2. The summed E-state index contributed by atoms with van der Waals surface area (Å²) in [5.74, 6) is 0. The van der Waals surface area contributed by atoms with Gasteiger partial charge in [-0.1, -0.05) is 183 Å². The fourth-order valence-corrected chi connectivity index (χ4v) is 17.8. The van der Waals surface area contributed by atoms with E-state index in [1.54, 1.807) is 0 Å². The van der Waals surface area contributed by atoms with Gasteiger partial charge in [-0.05, 0) is 172 Å². The first-order valence-corrected chi connectivity index (χ1v) is 30.5. The molecule has 72 heavy (non-hydrogen) atoms. The molecule has 2 nitrogen and oxygen atoms in total. The summed E-state index contributed by atoms with van der Waals surface area (Å²) in [6, 6.07) is 91.7. The van der Waals surface area contributed by atoms with Crippen LogP contribution in [0.25, 0.3) is 76.5 Å². The largest absolute Gasteiger partial charge is 0.311 e. The maximum absolute atomic E-state index is 2.54. The third kappa shape index (κ3) is 6.42. The van der Waals surface area contributed by atoms with Gasteiger partial charge in [-0.15, -0.1) is 0 Å². The topological polar surface area (TPSA) is 6.48 Å². The molecule has 0 unspecified atom stereocenters. The molecule has 2 aliphatic rings. The molecule has 0 saturated heterocycles. The van der Waals surface area contributed by atoms with Crippen LogP contribution in [0.1, 0.15) is 0 Å². The second-order valence-electron chi connectivity index (χ2n) is 20.5. The number of benzene rings is 12. The van der Waals surface area contributed by atoms with Crippen LogP contribution in [-0.4, -0.2) is 20.6 Å². The van der Waals surface area contributed by atoms with Gasteiger partial charge in [0, 0.05) is 32.5 Å². The lowest BCUT2D eigenvalue weighted by atomic mass is 9.84. The Labute approximate surface area is 424 Å². The molecule has 2 aliphatic heterocycles. The van der Waals surface area contributed by atoms with Crippen LogP contribution in [0, 0.1) is 0 Å². The number of anilines is 6. The van der Waals surface area contributed by atoms with E-state index in [0.717, 1.165) is 11.4 Å². The van der Waals surface area contributed by atoms with E-state index >= 15 is 0 Å². The van der Waals surface area contributed by atoms with E-state index in [1.165, 1.54) is 119 Å². The lowest BCUT2D eigenvalue weighted by Crippen LogP contribution is -2.58. The minimum atomic E-state index is -2.01. The Morgan fingerprint density at radius 2 is 0.792 bits per heavy atom. The van der Waals surface area contributed by atoms with Crippen LogP contribution in [0.3, 0.4) is 0 Å². The molecule has 0 atom stereocenters. The summed E-state index contributed by atoms with van der Waals surface area (Å²) in [5, 5.41) is 12.8. The van der Waals surface area contributed by atoms with Crippen molar-refractivity contribution in [3.05, 3.63) is 243 Å². The first kappa shape index (κ1) is 42.7. The zero-order chi connectivity index (χ0) is 48.3. The minimum absolute atomic E-state index is 1.15. The highest BCUT2D eigenvalue weighted by Crippen LogP contribution is 2.67. The molecule has 0 aromatic heterocycles. The van der Waals surface area contributed by atoms with E-state index in [9.17, 15) is 0 Å². The predicted molar refractivity (Wildman–Crippen MR) is 315 cm³/mol. The van der Waals surface area contributed by atoms with Gasteiger partial charge in [0.2, 0.25) is 0 Å². The molecule has 0 spiro atoms. The average molecular weight is 957 g/mol. The van der Waals surface area contributed by atoms with Crippen LogP contribution in [-0.2, 0) is 0 Å². The van der Waals surface area contributed by atoms with E-state index in [0.29, 0.717) is 0 Å². The van der Waals surface area contributed by atoms with E-state index in [4.69, 9.17) is 0 Å². The zero-order valence-electron chi connectivity index (χ0n) is 40.9. The first-order valence-electron chi connectivity index (χ1n) is 25.1. The van der Waals surface area contributed by atoms with Gasteiger partial charge in [0.1, 0.15) is 8.07 Å². The van der Waals surface area contributed by atoms with E-state index in [1.807, 2.05) is 0 Å². The van der Waals surface area contributed by atoms with Gasteiger partial charge >= 0.3 is 0 Å². The van der Waals surface area contributed by atoms with Crippen molar-refractivity contribution < 1.29 is 0 Å². The summed E-state index contributed by atoms with van der Waals surface area (Å²) >= 11 is 0. The highest BCUT2D eigenvalue weighted by atomic mass is 32.3. The summed E-state index contributed by atoms with van der Waals surface area (Å²) in [6.45, 7) is 5.00. The van der Waals surface area contributed by atoms with Crippen LogP contribution in [0.4, 0.5) is 34.1 Å². The lowest BCUT2D eigenvalue weighted by molar-refractivity contribution is 1.15. The van der Waals surface area contributed by atoms with Crippen LogP contribution in [0.5, 0.6) is 0 Å². The van der Waals surface area contributed by atoms with Crippen molar-refractivity contribution in [2.75, 3.05) is 22.3 Å².